The van der Waals surface area contributed by atoms with Gasteiger partial charge in [-0.1, -0.05) is 18.9 Å². The van der Waals surface area contributed by atoms with Gasteiger partial charge in [0.15, 0.2) is 5.78 Å². The topological polar surface area (TPSA) is 37.3 Å². The molecule has 4 aliphatic rings. The lowest BCUT2D eigenvalue weighted by atomic mass is 9.80. The van der Waals surface area contributed by atoms with Gasteiger partial charge >= 0.3 is 0 Å². The van der Waals surface area contributed by atoms with Gasteiger partial charge in [0, 0.05) is 11.5 Å². The Morgan fingerprint density at radius 1 is 1.18 bits per heavy atom. The number of fused-ring (bicyclic) bond motifs is 5. The van der Waals surface area contributed by atoms with E-state index in [1.165, 1.54) is 19.3 Å². The summed E-state index contributed by atoms with van der Waals surface area (Å²) in [6.45, 7) is 0. The molecule has 4 aliphatic carbocycles. The minimum Gasteiger partial charge on any atom is -0.385 e. The van der Waals surface area contributed by atoms with Crippen LogP contribution in [0.3, 0.4) is 0 Å². The first-order valence-electron chi connectivity index (χ1n) is 7.18. The maximum Gasteiger partial charge on any atom is 0.165 e. The monoisotopic (exact) mass is 232 g/mol. The molecular formula is C15H20O2. The zero-order valence-corrected chi connectivity index (χ0v) is 10.2. The fraction of sp³-hybridized carbons (Fsp3) is 0.800. The lowest BCUT2D eigenvalue weighted by molar-refractivity contribution is -0.122. The van der Waals surface area contributed by atoms with Gasteiger partial charge in [0.25, 0.3) is 0 Å². The standard InChI is InChI=1S/C15H20O2/c16-14-12(15(17)5-1-2-6-15)8-11-9-3-4-10(7-9)13(11)14/h8-11,13,17H,1-7H2/t9-,10+,11+,13-/m0/s1. The number of Topliss-reactive ketones (excluding diaryl/α,β-unsaturated/α-hetero) is 1. The Balaban J connectivity index is 1.70. The fourth-order valence-electron chi connectivity index (χ4n) is 5.03. The van der Waals surface area contributed by atoms with Gasteiger partial charge in [0.05, 0.1) is 5.60 Å². The fourth-order valence-corrected chi connectivity index (χ4v) is 5.03. The molecule has 4 rings (SSSR count). The highest BCUT2D eigenvalue weighted by molar-refractivity contribution is 6.02. The normalized spacial score (nSPS) is 46.4. The predicted molar refractivity (Wildman–Crippen MR) is 64.3 cm³/mol. The quantitative estimate of drug-likeness (QED) is 0.754. The third kappa shape index (κ3) is 1.22. The summed E-state index contributed by atoms with van der Waals surface area (Å²) in [7, 11) is 0. The highest BCUT2D eigenvalue weighted by Crippen LogP contribution is 2.58. The number of ketones is 1. The van der Waals surface area contributed by atoms with E-state index in [2.05, 4.69) is 6.08 Å². The Hall–Kier alpha value is -0.630. The van der Waals surface area contributed by atoms with Crippen molar-refractivity contribution in [2.75, 3.05) is 0 Å². The van der Waals surface area contributed by atoms with E-state index in [9.17, 15) is 9.90 Å². The third-order valence-corrected chi connectivity index (χ3v) is 5.84. The van der Waals surface area contributed by atoms with Crippen molar-refractivity contribution in [1.82, 2.24) is 0 Å². The SMILES string of the molecule is O=C1C(C2(O)CCCC2)=C[C@@H]2[C@H]3CC[C@H](C3)[C@H]12. The highest BCUT2D eigenvalue weighted by atomic mass is 16.3. The van der Waals surface area contributed by atoms with Gasteiger partial charge in [-0.25, -0.2) is 0 Å². The van der Waals surface area contributed by atoms with Crippen molar-refractivity contribution in [3.05, 3.63) is 11.6 Å². The molecule has 2 nitrogen and oxygen atoms in total. The van der Waals surface area contributed by atoms with E-state index in [0.29, 0.717) is 17.6 Å². The van der Waals surface area contributed by atoms with E-state index in [4.69, 9.17) is 0 Å². The molecule has 2 bridgehead atoms. The maximum atomic E-state index is 12.5. The van der Waals surface area contributed by atoms with Crippen LogP contribution in [0.15, 0.2) is 11.6 Å². The summed E-state index contributed by atoms with van der Waals surface area (Å²) in [5.74, 6) is 2.44. The third-order valence-electron chi connectivity index (χ3n) is 5.84. The molecule has 0 saturated heterocycles. The van der Waals surface area contributed by atoms with Gasteiger partial charge in [-0.3, -0.25) is 4.79 Å². The Morgan fingerprint density at radius 3 is 2.59 bits per heavy atom. The van der Waals surface area contributed by atoms with Gasteiger partial charge in [0.2, 0.25) is 0 Å². The van der Waals surface area contributed by atoms with E-state index >= 15 is 0 Å². The molecule has 0 aromatic carbocycles. The second-order valence-corrected chi connectivity index (χ2v) is 6.62. The molecule has 1 N–H and O–H groups in total. The van der Waals surface area contributed by atoms with Crippen LogP contribution in [0.4, 0.5) is 0 Å². The molecule has 3 fully saturated rings. The van der Waals surface area contributed by atoms with Gasteiger partial charge in [0.1, 0.15) is 0 Å². The second kappa shape index (κ2) is 3.23. The van der Waals surface area contributed by atoms with Crippen LogP contribution in [0.5, 0.6) is 0 Å². The summed E-state index contributed by atoms with van der Waals surface area (Å²) in [6.07, 6.45) is 9.76. The molecule has 3 saturated carbocycles. The minimum atomic E-state index is -0.749. The summed E-state index contributed by atoms with van der Waals surface area (Å²) >= 11 is 0. The number of hydrogen-bond donors (Lipinski definition) is 1. The molecule has 92 valence electrons. The zero-order valence-electron chi connectivity index (χ0n) is 10.2. The first kappa shape index (κ1) is 10.3. The van der Waals surface area contributed by atoms with Crippen molar-refractivity contribution in [1.29, 1.82) is 0 Å². The van der Waals surface area contributed by atoms with Gasteiger partial charge in [-0.15, -0.1) is 0 Å². The van der Waals surface area contributed by atoms with Crippen LogP contribution in [0, 0.1) is 23.7 Å². The van der Waals surface area contributed by atoms with Crippen molar-refractivity contribution < 1.29 is 9.90 Å². The average Bonchev–Trinajstić information content (AvgIpc) is 3.00. The summed E-state index contributed by atoms with van der Waals surface area (Å²) in [6, 6.07) is 0. The van der Waals surface area contributed by atoms with Crippen molar-refractivity contribution >= 4 is 5.78 Å². The summed E-state index contributed by atoms with van der Waals surface area (Å²) in [4.78, 5) is 12.5. The number of allylic oxidation sites excluding steroid dienone is 1. The number of aliphatic hydroxyl groups is 1. The Kier molecular flexibility index (Phi) is 1.96. The lowest BCUT2D eigenvalue weighted by Crippen LogP contribution is -2.33. The van der Waals surface area contributed by atoms with Gasteiger partial charge in [-0.2, -0.15) is 0 Å². The largest absolute Gasteiger partial charge is 0.385 e. The molecule has 2 heteroatoms. The summed E-state index contributed by atoms with van der Waals surface area (Å²) < 4.78 is 0. The molecule has 0 radical (unpaired) electrons. The maximum absolute atomic E-state index is 12.5. The van der Waals surface area contributed by atoms with Crippen molar-refractivity contribution in [3.8, 4) is 0 Å². The van der Waals surface area contributed by atoms with Crippen LogP contribution in [-0.4, -0.2) is 16.5 Å². The minimum absolute atomic E-state index is 0.258. The lowest BCUT2D eigenvalue weighted by Gasteiger charge is -2.25. The van der Waals surface area contributed by atoms with Crippen LogP contribution in [0.1, 0.15) is 44.9 Å². The predicted octanol–water partition coefficient (Wildman–Crippen LogP) is 2.46. The Bertz CT molecular complexity index is 403. The molecule has 0 heterocycles. The van der Waals surface area contributed by atoms with Crippen molar-refractivity contribution in [2.24, 2.45) is 23.7 Å². The molecule has 0 aliphatic heterocycles. The number of rotatable bonds is 1. The van der Waals surface area contributed by atoms with Crippen LogP contribution in [0.2, 0.25) is 0 Å². The second-order valence-electron chi connectivity index (χ2n) is 6.62. The van der Waals surface area contributed by atoms with E-state index in [1.807, 2.05) is 0 Å². The van der Waals surface area contributed by atoms with E-state index in [0.717, 1.165) is 37.2 Å². The van der Waals surface area contributed by atoms with Crippen molar-refractivity contribution in [2.45, 2.75) is 50.5 Å². The summed E-state index contributed by atoms with van der Waals surface area (Å²) in [5.41, 5.74) is 0.0579. The molecule has 17 heavy (non-hydrogen) atoms. The summed E-state index contributed by atoms with van der Waals surface area (Å²) in [5, 5.41) is 10.6. The van der Waals surface area contributed by atoms with Gasteiger partial charge < -0.3 is 5.11 Å². The first-order chi connectivity index (χ1) is 8.19. The Morgan fingerprint density at radius 2 is 1.88 bits per heavy atom. The van der Waals surface area contributed by atoms with Crippen LogP contribution in [-0.2, 0) is 4.79 Å². The number of carbonyl (C=O) groups excluding carboxylic acids is 1. The van der Waals surface area contributed by atoms with Crippen LogP contribution in [0.25, 0.3) is 0 Å². The van der Waals surface area contributed by atoms with Gasteiger partial charge in [-0.05, 0) is 49.9 Å². The molecule has 0 amide bonds. The van der Waals surface area contributed by atoms with Crippen molar-refractivity contribution in [3.63, 3.8) is 0 Å². The van der Waals surface area contributed by atoms with Crippen LogP contribution >= 0.6 is 0 Å². The number of carbonyl (C=O) groups is 1. The average molecular weight is 232 g/mol. The molecule has 0 unspecified atom stereocenters. The molecule has 0 aromatic heterocycles. The first-order valence-corrected chi connectivity index (χ1v) is 7.18. The highest BCUT2D eigenvalue weighted by Gasteiger charge is 2.56. The Labute approximate surface area is 102 Å². The molecule has 0 spiro atoms. The zero-order chi connectivity index (χ0) is 11.6. The number of hydrogen-bond acceptors (Lipinski definition) is 2. The van der Waals surface area contributed by atoms with E-state index in [1.54, 1.807) is 0 Å². The molecule has 0 aromatic rings. The molecule has 4 atom stereocenters. The molecular weight excluding hydrogens is 212 g/mol. The van der Waals surface area contributed by atoms with E-state index < -0.39 is 5.60 Å². The smallest absolute Gasteiger partial charge is 0.165 e. The van der Waals surface area contributed by atoms with E-state index in [-0.39, 0.29) is 5.92 Å². The van der Waals surface area contributed by atoms with Crippen LogP contribution < -0.4 is 0 Å².